The molecule has 3 aromatic rings. The third kappa shape index (κ3) is 7.99. The quantitative estimate of drug-likeness (QED) is 0.429. The van der Waals surface area contributed by atoms with Crippen molar-refractivity contribution in [3.8, 4) is 5.75 Å². The van der Waals surface area contributed by atoms with Crippen molar-refractivity contribution >= 4 is 28.7 Å². The van der Waals surface area contributed by atoms with E-state index in [1.165, 1.54) is 6.20 Å². The molecule has 0 radical (unpaired) electrons. The van der Waals surface area contributed by atoms with Gasteiger partial charge in [-0.2, -0.15) is 0 Å². The molecule has 9 nitrogen and oxygen atoms in total. The van der Waals surface area contributed by atoms with Gasteiger partial charge in [-0.3, -0.25) is 9.78 Å². The molecular formula is C26H29N3O6. The van der Waals surface area contributed by atoms with Crippen LogP contribution in [0.4, 0.5) is 4.79 Å². The number of benzene rings is 2. The summed E-state index contributed by atoms with van der Waals surface area (Å²) >= 11 is 0. The summed E-state index contributed by atoms with van der Waals surface area (Å²) in [5.41, 5.74) is 0.777. The number of carbonyl (C=O) groups is 3. The average molecular weight is 480 g/mol. The van der Waals surface area contributed by atoms with Crippen molar-refractivity contribution in [3.05, 3.63) is 72.1 Å². The highest BCUT2D eigenvalue weighted by molar-refractivity contribution is 5.85. The predicted molar refractivity (Wildman–Crippen MR) is 130 cm³/mol. The summed E-state index contributed by atoms with van der Waals surface area (Å²) in [6, 6.07) is 16.2. The number of aliphatic carboxylic acids is 1. The van der Waals surface area contributed by atoms with Crippen LogP contribution in [0.2, 0.25) is 0 Å². The molecule has 0 spiro atoms. The van der Waals surface area contributed by atoms with E-state index in [9.17, 15) is 19.5 Å². The number of nitrogens with one attached hydrogen (secondary N) is 2. The van der Waals surface area contributed by atoms with Crippen molar-refractivity contribution in [2.45, 2.75) is 45.4 Å². The Hall–Kier alpha value is -4.14. The number of carboxylic acids is 1. The highest BCUT2D eigenvalue weighted by Gasteiger charge is 2.24. The molecule has 0 fully saturated rings. The second-order valence-electron chi connectivity index (χ2n) is 8.93. The highest BCUT2D eigenvalue weighted by atomic mass is 16.6. The molecule has 0 aliphatic heterocycles. The number of carbonyl (C=O) groups excluding carboxylic acids is 2. The molecule has 0 saturated heterocycles. The second-order valence-corrected chi connectivity index (χ2v) is 8.93. The lowest BCUT2D eigenvalue weighted by Gasteiger charge is -2.22. The zero-order chi connectivity index (χ0) is 25.4. The van der Waals surface area contributed by atoms with Gasteiger partial charge in [-0.15, -0.1) is 0 Å². The maximum atomic E-state index is 12.3. The molecule has 9 heteroatoms. The Bertz CT molecular complexity index is 1180. The molecule has 1 heterocycles. The largest absolute Gasteiger partial charge is 0.487 e. The average Bonchev–Trinajstić information content (AvgIpc) is 2.80. The number of aromatic nitrogens is 1. The van der Waals surface area contributed by atoms with Gasteiger partial charge in [0.25, 0.3) is 0 Å². The summed E-state index contributed by atoms with van der Waals surface area (Å²) in [7, 11) is 0. The molecular weight excluding hydrogens is 450 g/mol. The number of amides is 2. The fourth-order valence-corrected chi connectivity index (χ4v) is 3.27. The van der Waals surface area contributed by atoms with Gasteiger partial charge in [-0.25, -0.2) is 9.59 Å². The van der Waals surface area contributed by atoms with Crippen LogP contribution in [0.1, 0.15) is 32.0 Å². The van der Waals surface area contributed by atoms with Gasteiger partial charge in [-0.1, -0.05) is 42.5 Å². The molecule has 1 atom stereocenters. The molecule has 0 saturated carbocycles. The molecule has 2 aromatic carbocycles. The number of carboxylic acid groups (broad SMARTS) is 1. The second kappa shape index (κ2) is 11.3. The minimum absolute atomic E-state index is 0.0532. The summed E-state index contributed by atoms with van der Waals surface area (Å²) < 4.78 is 10.9. The highest BCUT2D eigenvalue weighted by Crippen LogP contribution is 2.20. The molecule has 1 unspecified atom stereocenters. The summed E-state index contributed by atoms with van der Waals surface area (Å²) in [6.07, 6.45) is 0.611. The van der Waals surface area contributed by atoms with Crippen LogP contribution in [0.3, 0.4) is 0 Å². The minimum atomic E-state index is -1.33. The number of nitrogens with zero attached hydrogens (tertiary/aromatic N) is 1. The van der Waals surface area contributed by atoms with Gasteiger partial charge in [0, 0.05) is 12.2 Å². The van der Waals surface area contributed by atoms with Gasteiger partial charge in [0.2, 0.25) is 5.91 Å². The van der Waals surface area contributed by atoms with Crippen LogP contribution in [0.25, 0.3) is 10.8 Å². The van der Waals surface area contributed by atoms with Gasteiger partial charge < -0.3 is 25.2 Å². The number of fused-ring (bicyclic) bond motifs is 1. The molecule has 184 valence electrons. The number of alkyl carbamates (subject to hydrolysis) is 1. The number of rotatable bonds is 9. The number of ether oxygens (including phenoxy) is 2. The van der Waals surface area contributed by atoms with Crippen LogP contribution >= 0.6 is 0 Å². The molecule has 0 aliphatic carbocycles. The standard InChI is InChI=1S/C26H29N3O6/c1-26(2,3)35-25(33)29-22(24(31)32)15-28-23(30)13-19-11-12-20(14-27-19)34-16-18-9-6-8-17-7-4-5-10-21(17)18/h4-12,14,22H,13,15-16H2,1-3H3,(H,28,30)(H,29,33)(H,31,32). The maximum Gasteiger partial charge on any atom is 0.408 e. The monoisotopic (exact) mass is 479 g/mol. The van der Waals surface area contributed by atoms with E-state index < -0.39 is 29.6 Å². The van der Waals surface area contributed by atoms with Crippen molar-refractivity contribution in [1.29, 1.82) is 0 Å². The number of hydrogen-bond acceptors (Lipinski definition) is 6. The molecule has 3 rings (SSSR count). The van der Waals surface area contributed by atoms with E-state index in [2.05, 4.69) is 15.6 Å². The normalized spacial score (nSPS) is 12.0. The van der Waals surface area contributed by atoms with Crippen molar-refractivity contribution in [2.75, 3.05) is 6.54 Å². The lowest BCUT2D eigenvalue weighted by atomic mass is 10.1. The lowest BCUT2D eigenvalue weighted by molar-refractivity contribution is -0.139. The van der Waals surface area contributed by atoms with E-state index >= 15 is 0 Å². The Kier molecular flexibility index (Phi) is 8.25. The van der Waals surface area contributed by atoms with Crippen LogP contribution in [-0.2, 0) is 27.4 Å². The third-order valence-electron chi connectivity index (χ3n) is 4.91. The van der Waals surface area contributed by atoms with Crippen molar-refractivity contribution in [3.63, 3.8) is 0 Å². The van der Waals surface area contributed by atoms with Gasteiger partial charge in [0.05, 0.1) is 12.6 Å². The van der Waals surface area contributed by atoms with Gasteiger partial charge in [0.15, 0.2) is 0 Å². The van der Waals surface area contributed by atoms with Crippen molar-refractivity contribution in [1.82, 2.24) is 15.6 Å². The zero-order valence-corrected chi connectivity index (χ0v) is 19.9. The van der Waals surface area contributed by atoms with E-state index in [1.54, 1.807) is 32.9 Å². The molecule has 0 bridgehead atoms. The Balaban J connectivity index is 1.49. The van der Waals surface area contributed by atoms with Crippen LogP contribution in [-0.4, -0.2) is 46.2 Å². The summed E-state index contributed by atoms with van der Waals surface area (Å²) in [5, 5.41) is 16.3. The SMILES string of the molecule is CC(C)(C)OC(=O)NC(CNC(=O)Cc1ccc(OCc2cccc3ccccc23)cn1)C(=O)O. The van der Waals surface area contributed by atoms with Crippen LogP contribution < -0.4 is 15.4 Å². The number of pyridine rings is 1. The first-order valence-electron chi connectivity index (χ1n) is 11.1. The Morgan fingerprint density at radius 1 is 1.03 bits per heavy atom. The fraction of sp³-hybridized carbons (Fsp3) is 0.308. The first kappa shape index (κ1) is 25.5. The summed E-state index contributed by atoms with van der Waals surface area (Å²) in [6.45, 7) is 5.08. The zero-order valence-electron chi connectivity index (χ0n) is 19.9. The van der Waals surface area contributed by atoms with E-state index in [4.69, 9.17) is 9.47 Å². The Morgan fingerprint density at radius 2 is 1.77 bits per heavy atom. The van der Waals surface area contributed by atoms with Crippen LogP contribution in [0.15, 0.2) is 60.8 Å². The fourth-order valence-electron chi connectivity index (χ4n) is 3.27. The smallest absolute Gasteiger partial charge is 0.408 e. The third-order valence-corrected chi connectivity index (χ3v) is 4.91. The Labute approximate surface area is 203 Å². The summed E-state index contributed by atoms with van der Waals surface area (Å²) in [4.78, 5) is 39.7. The lowest BCUT2D eigenvalue weighted by Crippen LogP contribution is -2.49. The van der Waals surface area contributed by atoms with Crippen LogP contribution in [0.5, 0.6) is 5.75 Å². The van der Waals surface area contributed by atoms with E-state index in [1.807, 2.05) is 42.5 Å². The van der Waals surface area contributed by atoms with Crippen molar-refractivity contribution in [2.24, 2.45) is 0 Å². The molecule has 35 heavy (non-hydrogen) atoms. The van der Waals surface area contributed by atoms with E-state index in [-0.39, 0.29) is 13.0 Å². The molecule has 1 aromatic heterocycles. The topological polar surface area (TPSA) is 127 Å². The van der Waals surface area contributed by atoms with Gasteiger partial charge in [0.1, 0.15) is 24.0 Å². The molecule has 0 aliphatic rings. The predicted octanol–water partition coefficient (Wildman–Crippen LogP) is 3.45. The first-order valence-corrected chi connectivity index (χ1v) is 11.1. The number of hydrogen-bond donors (Lipinski definition) is 3. The van der Waals surface area contributed by atoms with Gasteiger partial charge >= 0.3 is 12.1 Å². The summed E-state index contributed by atoms with van der Waals surface area (Å²) in [5.74, 6) is -1.16. The van der Waals surface area contributed by atoms with Crippen LogP contribution in [0, 0.1) is 0 Å². The Morgan fingerprint density at radius 3 is 2.46 bits per heavy atom. The maximum absolute atomic E-state index is 12.3. The minimum Gasteiger partial charge on any atom is -0.487 e. The first-order chi connectivity index (χ1) is 16.6. The molecule has 3 N–H and O–H groups in total. The van der Waals surface area contributed by atoms with E-state index in [0.717, 1.165) is 16.3 Å². The van der Waals surface area contributed by atoms with Crippen molar-refractivity contribution < 1.29 is 29.0 Å². The molecule has 2 amide bonds. The van der Waals surface area contributed by atoms with E-state index in [0.29, 0.717) is 18.1 Å². The van der Waals surface area contributed by atoms with Gasteiger partial charge in [-0.05, 0) is 49.2 Å².